The zero-order valence-electron chi connectivity index (χ0n) is 14.7. The number of aliphatic hydroxyl groups is 4. The van der Waals surface area contributed by atoms with Crippen molar-refractivity contribution in [2.45, 2.75) is 18.9 Å². The molecule has 9 N–H and O–H groups in total. The zero-order valence-corrected chi connectivity index (χ0v) is 14.7. The molecule has 2 rings (SSSR count). The van der Waals surface area contributed by atoms with E-state index in [4.69, 9.17) is 16.6 Å². The maximum Gasteiger partial charge on any atom is 0.0942 e. The molecule has 0 aromatic heterocycles. The van der Waals surface area contributed by atoms with Gasteiger partial charge in [0.25, 0.3) is 0 Å². The minimum absolute atomic E-state index is 0.0240. The Kier molecular flexibility index (Phi) is 7.23. The van der Waals surface area contributed by atoms with E-state index in [1.807, 2.05) is 6.07 Å². The van der Waals surface area contributed by atoms with E-state index >= 15 is 0 Å². The van der Waals surface area contributed by atoms with Crippen molar-refractivity contribution in [3.05, 3.63) is 41.5 Å². The van der Waals surface area contributed by atoms with Crippen molar-refractivity contribution in [1.29, 1.82) is 0 Å². The first kappa shape index (κ1) is 20.0. The average molecular weight is 361 g/mol. The second-order valence-electron chi connectivity index (χ2n) is 6.14. The molecule has 0 aliphatic heterocycles. The third-order valence-electron chi connectivity index (χ3n) is 4.23. The lowest BCUT2D eigenvalue weighted by atomic mass is 9.89. The minimum Gasteiger partial charge on any atom is -0.399 e. The maximum absolute atomic E-state index is 9.63. The number of nitrogens with one attached hydrogen (secondary N) is 1. The fourth-order valence-corrected chi connectivity index (χ4v) is 2.97. The van der Waals surface area contributed by atoms with Gasteiger partial charge < -0.3 is 37.2 Å². The van der Waals surface area contributed by atoms with Crippen LogP contribution >= 0.6 is 0 Å². The summed E-state index contributed by atoms with van der Waals surface area (Å²) in [6.45, 7) is -0.264. The molecule has 1 atom stereocenters. The van der Waals surface area contributed by atoms with Crippen molar-refractivity contribution in [1.82, 2.24) is 0 Å². The van der Waals surface area contributed by atoms with Gasteiger partial charge >= 0.3 is 0 Å². The number of nitrogens with two attached hydrogens (primary N) is 2. The van der Waals surface area contributed by atoms with Crippen molar-refractivity contribution >= 4 is 17.1 Å². The first-order valence-corrected chi connectivity index (χ1v) is 8.56. The molecule has 26 heavy (non-hydrogen) atoms. The van der Waals surface area contributed by atoms with Gasteiger partial charge in [-0.1, -0.05) is 6.07 Å². The van der Waals surface area contributed by atoms with Gasteiger partial charge in [0.2, 0.25) is 0 Å². The Morgan fingerprint density at radius 2 is 1.69 bits per heavy atom. The van der Waals surface area contributed by atoms with Gasteiger partial charge in [-0.05, 0) is 53.8 Å². The molecule has 142 valence electrons. The Balaban J connectivity index is 2.61. The van der Waals surface area contributed by atoms with E-state index in [1.165, 1.54) is 0 Å². The van der Waals surface area contributed by atoms with Crippen LogP contribution in [0.2, 0.25) is 0 Å². The quantitative estimate of drug-likeness (QED) is 0.319. The van der Waals surface area contributed by atoms with Crippen molar-refractivity contribution in [2.24, 2.45) is 0 Å². The lowest BCUT2D eigenvalue weighted by molar-refractivity contribution is 0.105. The number of nitrogen functional groups attached to an aromatic ring is 2. The zero-order chi connectivity index (χ0) is 19.1. The largest absolute Gasteiger partial charge is 0.399 e. The van der Waals surface area contributed by atoms with E-state index in [1.54, 1.807) is 24.3 Å². The third-order valence-corrected chi connectivity index (χ3v) is 4.23. The molecular formula is C19H27N3O4. The van der Waals surface area contributed by atoms with E-state index in [9.17, 15) is 15.3 Å². The standard InChI is InChI=1S/C19H27N3O4/c20-13-2-4-18(22-10-14(26)11-25)16(9-13)19-12(5-7-23)1-3-17(21)15(19)6-8-24/h1-4,9,14,22-26H,5-8,10-11,20-21H2. The molecule has 0 fully saturated rings. The molecule has 0 aliphatic carbocycles. The van der Waals surface area contributed by atoms with Crippen molar-refractivity contribution < 1.29 is 20.4 Å². The van der Waals surface area contributed by atoms with Crippen LogP contribution in [0, 0.1) is 0 Å². The molecule has 0 spiro atoms. The van der Waals surface area contributed by atoms with Gasteiger partial charge in [-0.2, -0.15) is 0 Å². The molecule has 0 saturated carbocycles. The average Bonchev–Trinajstić information content (AvgIpc) is 2.63. The Morgan fingerprint density at radius 1 is 0.962 bits per heavy atom. The summed E-state index contributed by atoms with van der Waals surface area (Å²) in [6, 6.07) is 8.96. The molecule has 1 unspecified atom stereocenters. The number of hydrogen-bond donors (Lipinski definition) is 7. The van der Waals surface area contributed by atoms with Gasteiger partial charge in [0.05, 0.1) is 12.7 Å². The van der Waals surface area contributed by atoms with E-state index in [2.05, 4.69) is 5.32 Å². The van der Waals surface area contributed by atoms with Gasteiger partial charge in [0.15, 0.2) is 0 Å². The number of aliphatic hydroxyl groups excluding tert-OH is 4. The predicted octanol–water partition coefficient (Wildman–Crippen LogP) is 0.353. The molecule has 2 aromatic rings. The van der Waals surface area contributed by atoms with Crippen LogP contribution in [0.15, 0.2) is 30.3 Å². The van der Waals surface area contributed by atoms with Crippen molar-refractivity contribution in [3.8, 4) is 11.1 Å². The molecule has 7 nitrogen and oxygen atoms in total. The Morgan fingerprint density at radius 3 is 2.35 bits per heavy atom. The monoisotopic (exact) mass is 361 g/mol. The van der Waals surface area contributed by atoms with Crippen LogP contribution in [-0.2, 0) is 12.8 Å². The summed E-state index contributed by atoms with van der Waals surface area (Å²) in [6.07, 6.45) is -0.0924. The molecular weight excluding hydrogens is 334 g/mol. The van der Waals surface area contributed by atoms with Gasteiger partial charge in [0, 0.05) is 42.4 Å². The van der Waals surface area contributed by atoms with Gasteiger partial charge in [-0.25, -0.2) is 0 Å². The van der Waals surface area contributed by atoms with Crippen molar-refractivity contribution in [2.75, 3.05) is 43.1 Å². The van der Waals surface area contributed by atoms with Gasteiger partial charge in [-0.15, -0.1) is 0 Å². The summed E-state index contributed by atoms with van der Waals surface area (Å²) in [5, 5.41) is 40.7. The third kappa shape index (κ3) is 4.64. The molecule has 0 radical (unpaired) electrons. The van der Waals surface area contributed by atoms with Crippen LogP contribution in [0.25, 0.3) is 11.1 Å². The second kappa shape index (κ2) is 9.40. The molecule has 7 heteroatoms. The first-order valence-electron chi connectivity index (χ1n) is 8.56. The molecule has 0 saturated heterocycles. The SMILES string of the molecule is Nc1ccc(NCC(O)CO)c(-c2c(CCO)ccc(N)c2CCO)c1. The van der Waals surface area contributed by atoms with E-state index in [-0.39, 0.29) is 26.4 Å². The first-order chi connectivity index (χ1) is 12.5. The fourth-order valence-electron chi connectivity index (χ4n) is 2.97. The molecule has 0 bridgehead atoms. The number of anilines is 3. The van der Waals surface area contributed by atoms with Crippen LogP contribution in [-0.4, -0.2) is 52.9 Å². The second-order valence-corrected chi connectivity index (χ2v) is 6.14. The van der Waals surface area contributed by atoms with Gasteiger partial charge in [-0.3, -0.25) is 0 Å². The summed E-state index contributed by atoms with van der Waals surface area (Å²) >= 11 is 0. The maximum atomic E-state index is 9.63. The summed E-state index contributed by atoms with van der Waals surface area (Å²) in [5.41, 5.74) is 17.2. The minimum atomic E-state index is -0.893. The number of benzene rings is 2. The Hall–Kier alpha value is -2.32. The van der Waals surface area contributed by atoms with Crippen LogP contribution in [0.3, 0.4) is 0 Å². The molecule has 0 heterocycles. The summed E-state index contributed by atoms with van der Waals surface area (Å²) in [7, 11) is 0. The highest BCUT2D eigenvalue weighted by Gasteiger charge is 2.17. The van der Waals surface area contributed by atoms with E-state index < -0.39 is 6.10 Å². The van der Waals surface area contributed by atoms with Crippen LogP contribution < -0.4 is 16.8 Å². The highest BCUT2D eigenvalue weighted by molar-refractivity contribution is 5.87. The molecule has 0 aliphatic rings. The van der Waals surface area contributed by atoms with Gasteiger partial charge in [0.1, 0.15) is 0 Å². The summed E-state index contributed by atoms with van der Waals surface area (Å²) in [4.78, 5) is 0. The Labute approximate surface area is 152 Å². The Bertz CT molecular complexity index is 737. The molecule has 2 aromatic carbocycles. The summed E-state index contributed by atoms with van der Waals surface area (Å²) in [5.74, 6) is 0. The van der Waals surface area contributed by atoms with Crippen LogP contribution in [0.4, 0.5) is 17.1 Å². The van der Waals surface area contributed by atoms with Crippen LogP contribution in [0.1, 0.15) is 11.1 Å². The number of hydrogen-bond acceptors (Lipinski definition) is 7. The lowest BCUT2D eigenvalue weighted by Gasteiger charge is -2.21. The number of rotatable bonds is 9. The topological polar surface area (TPSA) is 145 Å². The normalized spacial score (nSPS) is 12.2. The highest BCUT2D eigenvalue weighted by atomic mass is 16.3. The summed E-state index contributed by atoms with van der Waals surface area (Å²) < 4.78 is 0. The van der Waals surface area contributed by atoms with Crippen LogP contribution in [0.5, 0.6) is 0 Å². The molecule has 0 amide bonds. The smallest absolute Gasteiger partial charge is 0.0942 e. The van der Waals surface area contributed by atoms with E-state index in [0.717, 1.165) is 27.9 Å². The highest BCUT2D eigenvalue weighted by Crippen LogP contribution is 2.38. The van der Waals surface area contributed by atoms with Crippen molar-refractivity contribution in [3.63, 3.8) is 0 Å². The van der Waals surface area contributed by atoms with E-state index in [0.29, 0.717) is 24.2 Å². The predicted molar refractivity (Wildman–Crippen MR) is 104 cm³/mol. The fraction of sp³-hybridized carbons (Fsp3) is 0.368. The lowest BCUT2D eigenvalue weighted by Crippen LogP contribution is -2.23.